The molecule has 52 heavy (non-hydrogen) atoms. The number of ether oxygens (including phenoxy) is 2. The number of aliphatic hydroxyl groups is 4. The molecule has 0 amide bonds. The molecular formula is C46H68O6. The smallest absolute Gasteiger partial charge is 0.187 e. The lowest BCUT2D eigenvalue weighted by atomic mass is 9.72. The van der Waals surface area contributed by atoms with Crippen LogP contribution >= 0.6 is 0 Å². The van der Waals surface area contributed by atoms with Crippen molar-refractivity contribution in [1.29, 1.82) is 0 Å². The van der Waals surface area contributed by atoms with Crippen molar-refractivity contribution in [2.75, 3.05) is 6.61 Å². The molecule has 0 radical (unpaired) electrons. The maximum absolute atomic E-state index is 10.3. The van der Waals surface area contributed by atoms with Crippen molar-refractivity contribution in [2.45, 2.75) is 144 Å². The lowest BCUT2D eigenvalue weighted by molar-refractivity contribution is -0.323. The van der Waals surface area contributed by atoms with Gasteiger partial charge in [0.1, 0.15) is 24.4 Å². The van der Waals surface area contributed by atoms with Crippen molar-refractivity contribution < 1.29 is 29.9 Å². The first kappa shape index (κ1) is 45.1. The van der Waals surface area contributed by atoms with E-state index < -0.39 is 42.9 Å². The Kier molecular flexibility index (Phi) is 19.2. The summed E-state index contributed by atoms with van der Waals surface area (Å²) >= 11 is 0. The Bertz CT molecular complexity index is 1480. The fraction of sp³-hybridized carbons (Fsp3) is 0.522. The van der Waals surface area contributed by atoms with E-state index in [1.165, 1.54) is 47.1 Å². The van der Waals surface area contributed by atoms with Gasteiger partial charge in [0.25, 0.3) is 0 Å². The van der Waals surface area contributed by atoms with Crippen LogP contribution < -0.4 is 0 Å². The van der Waals surface area contributed by atoms with Gasteiger partial charge in [-0.15, -0.1) is 0 Å². The monoisotopic (exact) mass is 717 g/mol. The predicted octanol–water partition coefficient (Wildman–Crippen LogP) is 9.79. The van der Waals surface area contributed by atoms with Gasteiger partial charge in [0, 0.05) is 0 Å². The largest absolute Gasteiger partial charge is 0.394 e. The topological polar surface area (TPSA) is 99.4 Å². The maximum atomic E-state index is 10.3. The summed E-state index contributed by atoms with van der Waals surface area (Å²) in [7, 11) is 0. The summed E-state index contributed by atoms with van der Waals surface area (Å²) in [5, 5.41) is 39.7. The van der Waals surface area contributed by atoms with Gasteiger partial charge in [0.15, 0.2) is 6.29 Å². The van der Waals surface area contributed by atoms with Gasteiger partial charge in [-0.2, -0.15) is 0 Å². The van der Waals surface area contributed by atoms with Crippen LogP contribution in [0.25, 0.3) is 0 Å². The lowest BCUT2D eigenvalue weighted by Gasteiger charge is -2.42. The Balaban J connectivity index is 1.78. The van der Waals surface area contributed by atoms with E-state index >= 15 is 0 Å². The molecule has 6 nitrogen and oxygen atoms in total. The minimum absolute atomic E-state index is 0.265. The number of rotatable bonds is 17. The summed E-state index contributed by atoms with van der Waals surface area (Å²) in [6.07, 6.45) is 31.7. The highest BCUT2D eigenvalue weighted by Crippen LogP contribution is 2.40. The molecule has 1 aliphatic heterocycles. The predicted molar refractivity (Wildman–Crippen MR) is 218 cm³/mol. The zero-order chi connectivity index (χ0) is 38.9. The Hall–Kier alpha value is -3.10. The van der Waals surface area contributed by atoms with Crippen LogP contribution in [-0.2, 0) is 9.47 Å². The van der Waals surface area contributed by atoms with E-state index in [1.807, 2.05) is 13.8 Å². The van der Waals surface area contributed by atoms with Crippen molar-refractivity contribution >= 4 is 0 Å². The Morgan fingerprint density at radius 3 is 1.83 bits per heavy atom. The molecular weight excluding hydrogens is 649 g/mol. The normalized spacial score (nSPS) is 26.4. The lowest BCUT2D eigenvalue weighted by Crippen LogP contribution is -2.60. The highest BCUT2D eigenvalue weighted by atomic mass is 16.7. The van der Waals surface area contributed by atoms with Gasteiger partial charge in [-0.05, 0) is 105 Å². The van der Waals surface area contributed by atoms with Gasteiger partial charge < -0.3 is 29.9 Å². The first-order valence-corrected chi connectivity index (χ1v) is 18.9. The van der Waals surface area contributed by atoms with Gasteiger partial charge in [0.2, 0.25) is 0 Å². The third-order valence-electron chi connectivity index (χ3n) is 9.69. The second kappa shape index (κ2) is 22.2. The highest BCUT2D eigenvalue weighted by molar-refractivity contribution is 5.37. The third kappa shape index (κ3) is 16.3. The molecule has 6 heteroatoms. The number of allylic oxidation sites excluding steroid dienone is 22. The molecule has 4 N–H and O–H groups in total. The first-order valence-electron chi connectivity index (χ1n) is 18.9. The molecule has 1 heterocycles. The van der Waals surface area contributed by atoms with E-state index in [1.54, 1.807) is 0 Å². The molecule has 2 aliphatic rings. The molecule has 1 aliphatic carbocycles. The minimum Gasteiger partial charge on any atom is -0.394 e. The number of hydrogen-bond acceptors (Lipinski definition) is 6. The Labute approximate surface area is 315 Å². The fourth-order valence-electron chi connectivity index (χ4n) is 6.34. The van der Waals surface area contributed by atoms with Gasteiger partial charge in [-0.1, -0.05) is 138 Å². The molecule has 1 saturated heterocycles. The molecule has 0 aromatic carbocycles. The molecule has 0 spiro atoms. The van der Waals surface area contributed by atoms with E-state index in [0.29, 0.717) is 6.42 Å². The standard InChI is InChI=1S/C46H68O6/c1-33(18-11-12-19-34(2)21-15-25-37(5)28-29-39-38(6)27-17-30-45(39,7)8)20-13-22-35(3)23-14-24-36(4)26-16-31-46(9,10)52-44-43(50)42(49)41(48)40(32-47)51-44/h11-15,18-25,28-29,40-44,47-50H,16-17,26-27,30-32H2,1-10H3/b12-11+,20-13+,21-15+,23-14+,29-28+,33-18+,34-19+,35-22+,36-24+,37-25+/t40-,41-,42?,43?,44+/m1/s1. The quantitative estimate of drug-likeness (QED) is 0.112. The second-order valence-corrected chi connectivity index (χ2v) is 15.8. The molecule has 0 aromatic heterocycles. The Morgan fingerprint density at radius 1 is 0.769 bits per heavy atom. The highest BCUT2D eigenvalue weighted by Gasteiger charge is 2.45. The fourth-order valence-corrected chi connectivity index (χ4v) is 6.34. The minimum atomic E-state index is -1.45. The first-order chi connectivity index (χ1) is 24.5. The summed E-state index contributed by atoms with van der Waals surface area (Å²) in [4.78, 5) is 0. The molecule has 0 saturated carbocycles. The van der Waals surface area contributed by atoms with Crippen molar-refractivity contribution in [3.8, 4) is 0 Å². The van der Waals surface area contributed by atoms with Crippen molar-refractivity contribution in [3.05, 3.63) is 130 Å². The molecule has 1 fully saturated rings. The summed E-state index contributed by atoms with van der Waals surface area (Å²) in [6, 6.07) is 0. The average Bonchev–Trinajstić information content (AvgIpc) is 3.06. The molecule has 288 valence electrons. The number of hydrogen-bond donors (Lipinski definition) is 4. The van der Waals surface area contributed by atoms with Crippen molar-refractivity contribution in [3.63, 3.8) is 0 Å². The van der Waals surface area contributed by atoms with Crippen LogP contribution in [-0.4, -0.2) is 63.3 Å². The van der Waals surface area contributed by atoms with Crippen LogP contribution in [0.5, 0.6) is 0 Å². The van der Waals surface area contributed by atoms with E-state index in [2.05, 4.69) is 147 Å². The second-order valence-electron chi connectivity index (χ2n) is 15.8. The van der Waals surface area contributed by atoms with Crippen LogP contribution in [0.3, 0.4) is 0 Å². The summed E-state index contributed by atoms with van der Waals surface area (Å²) < 4.78 is 11.5. The van der Waals surface area contributed by atoms with Gasteiger partial charge in [-0.25, -0.2) is 0 Å². The van der Waals surface area contributed by atoms with E-state index in [0.717, 1.165) is 24.0 Å². The zero-order valence-electron chi connectivity index (χ0n) is 33.6. The molecule has 5 atom stereocenters. The average molecular weight is 717 g/mol. The van der Waals surface area contributed by atoms with Gasteiger partial charge >= 0.3 is 0 Å². The van der Waals surface area contributed by atoms with Crippen LogP contribution in [0.4, 0.5) is 0 Å². The summed E-state index contributed by atoms with van der Waals surface area (Å²) in [5.74, 6) is 0. The van der Waals surface area contributed by atoms with Crippen molar-refractivity contribution in [1.82, 2.24) is 0 Å². The van der Waals surface area contributed by atoms with Gasteiger partial charge in [0.05, 0.1) is 12.2 Å². The molecule has 0 bridgehead atoms. The molecule has 0 aromatic rings. The van der Waals surface area contributed by atoms with Crippen LogP contribution in [0.15, 0.2) is 130 Å². The maximum Gasteiger partial charge on any atom is 0.187 e. The Morgan fingerprint density at radius 2 is 1.29 bits per heavy atom. The summed E-state index contributed by atoms with van der Waals surface area (Å²) in [5.41, 5.74) is 8.64. The van der Waals surface area contributed by atoms with Gasteiger partial charge in [-0.3, -0.25) is 0 Å². The molecule has 2 unspecified atom stereocenters. The van der Waals surface area contributed by atoms with Crippen LogP contribution in [0.1, 0.15) is 108 Å². The third-order valence-corrected chi connectivity index (χ3v) is 9.69. The van der Waals surface area contributed by atoms with Crippen molar-refractivity contribution in [2.24, 2.45) is 5.41 Å². The van der Waals surface area contributed by atoms with Crippen LogP contribution in [0.2, 0.25) is 0 Å². The van der Waals surface area contributed by atoms with E-state index in [9.17, 15) is 20.4 Å². The SMILES string of the molecule is CC1=C(/C=C/C(C)=C/C=C/C(C)=C/C=C/C=C(C)/C=C/C=C(C)/C=C/C=C(\C)CCCC(C)(C)O[C@@H]2O[C@H](CO)[C@@H](O)C(O)C2O)C(C)(C)CCC1. The zero-order valence-corrected chi connectivity index (χ0v) is 33.6. The number of aliphatic hydroxyl groups excluding tert-OH is 4. The van der Waals surface area contributed by atoms with E-state index in [-0.39, 0.29) is 5.41 Å². The van der Waals surface area contributed by atoms with E-state index in [4.69, 9.17) is 9.47 Å². The van der Waals surface area contributed by atoms with Crippen LogP contribution in [0, 0.1) is 5.41 Å². The molecule has 2 rings (SSSR count). The summed E-state index contributed by atoms with van der Waals surface area (Å²) in [6.45, 7) is 20.8.